The minimum atomic E-state index is 0.142. The molecule has 1 rings (SSSR count). The van der Waals surface area contributed by atoms with E-state index in [2.05, 4.69) is 0 Å². The number of hydrogen-bond donors (Lipinski definition) is 1. The standard InChI is InChI=1S/C9H12OS/c1-7-4-3-5-9(11-2)8(7)6-10/h3-5,10H,6H2,1-2H3. The van der Waals surface area contributed by atoms with Gasteiger partial charge in [-0.1, -0.05) is 12.1 Å². The van der Waals surface area contributed by atoms with Crippen LogP contribution in [0.25, 0.3) is 0 Å². The SMILES string of the molecule is CSc1cccc(C)c1CO. The first-order valence-corrected chi connectivity index (χ1v) is 4.75. The van der Waals surface area contributed by atoms with Gasteiger partial charge < -0.3 is 5.11 Å². The third-order valence-corrected chi connectivity index (χ3v) is 2.57. The van der Waals surface area contributed by atoms with Gasteiger partial charge in [-0.3, -0.25) is 0 Å². The van der Waals surface area contributed by atoms with Crippen LogP contribution in [0, 0.1) is 6.92 Å². The van der Waals surface area contributed by atoms with E-state index in [1.165, 1.54) is 10.5 Å². The average Bonchev–Trinajstić information content (AvgIpc) is 2.04. The highest BCUT2D eigenvalue weighted by Gasteiger charge is 2.01. The van der Waals surface area contributed by atoms with E-state index in [9.17, 15) is 0 Å². The molecule has 1 nitrogen and oxygen atoms in total. The highest BCUT2D eigenvalue weighted by atomic mass is 32.2. The largest absolute Gasteiger partial charge is 0.392 e. The molecule has 0 saturated carbocycles. The summed E-state index contributed by atoms with van der Waals surface area (Å²) in [4.78, 5) is 1.17. The Kier molecular flexibility index (Phi) is 2.97. The number of aliphatic hydroxyl groups is 1. The molecule has 0 heterocycles. The second-order valence-electron chi connectivity index (χ2n) is 2.41. The Balaban J connectivity index is 3.13. The first-order chi connectivity index (χ1) is 5.29. The van der Waals surface area contributed by atoms with Crippen molar-refractivity contribution in [2.75, 3.05) is 6.26 Å². The summed E-state index contributed by atoms with van der Waals surface area (Å²) in [5, 5.41) is 9.02. The smallest absolute Gasteiger partial charge is 0.0695 e. The lowest BCUT2D eigenvalue weighted by Gasteiger charge is -2.06. The summed E-state index contributed by atoms with van der Waals surface area (Å²) in [6.45, 7) is 2.16. The van der Waals surface area contributed by atoms with Crippen molar-refractivity contribution in [1.29, 1.82) is 0 Å². The fourth-order valence-electron chi connectivity index (χ4n) is 1.07. The van der Waals surface area contributed by atoms with Crippen LogP contribution in [0.15, 0.2) is 23.1 Å². The maximum atomic E-state index is 9.02. The Morgan fingerprint density at radius 3 is 2.64 bits per heavy atom. The number of hydrogen-bond acceptors (Lipinski definition) is 2. The molecule has 0 fully saturated rings. The van der Waals surface area contributed by atoms with Crippen LogP contribution in [0.1, 0.15) is 11.1 Å². The van der Waals surface area contributed by atoms with Crippen molar-refractivity contribution in [2.24, 2.45) is 0 Å². The molecular weight excluding hydrogens is 156 g/mol. The Labute approximate surface area is 71.4 Å². The summed E-state index contributed by atoms with van der Waals surface area (Å²) in [7, 11) is 0. The van der Waals surface area contributed by atoms with Gasteiger partial charge in [-0.15, -0.1) is 11.8 Å². The molecule has 1 aromatic rings. The summed E-state index contributed by atoms with van der Waals surface area (Å²) in [6.07, 6.45) is 2.02. The molecule has 11 heavy (non-hydrogen) atoms. The Hall–Kier alpha value is -0.470. The fourth-order valence-corrected chi connectivity index (χ4v) is 1.76. The third kappa shape index (κ3) is 1.76. The van der Waals surface area contributed by atoms with Crippen LogP contribution in [0.3, 0.4) is 0 Å². The van der Waals surface area contributed by atoms with Crippen molar-refractivity contribution in [3.05, 3.63) is 29.3 Å². The molecule has 0 unspecified atom stereocenters. The number of aryl methyl sites for hydroxylation is 1. The van der Waals surface area contributed by atoms with Crippen LogP contribution in [0.5, 0.6) is 0 Å². The number of thioether (sulfide) groups is 1. The van der Waals surface area contributed by atoms with Crippen molar-refractivity contribution in [2.45, 2.75) is 18.4 Å². The zero-order chi connectivity index (χ0) is 8.27. The molecule has 2 heteroatoms. The van der Waals surface area contributed by atoms with E-state index < -0.39 is 0 Å². The zero-order valence-corrected chi connectivity index (χ0v) is 7.61. The average molecular weight is 168 g/mol. The van der Waals surface area contributed by atoms with Gasteiger partial charge in [-0.25, -0.2) is 0 Å². The van der Waals surface area contributed by atoms with Crippen molar-refractivity contribution < 1.29 is 5.11 Å². The number of benzene rings is 1. The lowest BCUT2D eigenvalue weighted by Crippen LogP contribution is -1.90. The molecule has 0 atom stereocenters. The highest BCUT2D eigenvalue weighted by Crippen LogP contribution is 2.22. The molecule has 0 aromatic heterocycles. The van der Waals surface area contributed by atoms with E-state index in [4.69, 9.17) is 5.11 Å². The molecule has 0 saturated heterocycles. The molecule has 0 bridgehead atoms. The second-order valence-corrected chi connectivity index (χ2v) is 3.26. The summed E-state index contributed by atoms with van der Waals surface area (Å²) >= 11 is 1.67. The van der Waals surface area contributed by atoms with E-state index in [1.807, 2.05) is 31.4 Å². The maximum absolute atomic E-state index is 9.02. The first-order valence-electron chi connectivity index (χ1n) is 3.53. The number of aliphatic hydroxyl groups excluding tert-OH is 1. The Bertz CT molecular complexity index is 245. The van der Waals surface area contributed by atoms with Gasteiger partial charge in [-0.2, -0.15) is 0 Å². The van der Waals surface area contributed by atoms with Crippen LogP contribution in [0.4, 0.5) is 0 Å². The van der Waals surface area contributed by atoms with E-state index in [1.54, 1.807) is 11.8 Å². The van der Waals surface area contributed by atoms with E-state index in [0.717, 1.165) is 5.56 Å². The Morgan fingerprint density at radius 1 is 1.45 bits per heavy atom. The minimum Gasteiger partial charge on any atom is -0.392 e. The predicted molar refractivity (Wildman–Crippen MR) is 48.9 cm³/mol. The maximum Gasteiger partial charge on any atom is 0.0695 e. The van der Waals surface area contributed by atoms with Gasteiger partial charge in [0.25, 0.3) is 0 Å². The van der Waals surface area contributed by atoms with Gasteiger partial charge in [0.1, 0.15) is 0 Å². The molecular formula is C9H12OS. The van der Waals surface area contributed by atoms with Gasteiger partial charge in [0.05, 0.1) is 6.61 Å². The predicted octanol–water partition coefficient (Wildman–Crippen LogP) is 2.21. The summed E-state index contributed by atoms with van der Waals surface area (Å²) < 4.78 is 0. The molecule has 1 N–H and O–H groups in total. The summed E-state index contributed by atoms with van der Waals surface area (Å²) in [6, 6.07) is 6.06. The lowest BCUT2D eigenvalue weighted by molar-refractivity contribution is 0.278. The second kappa shape index (κ2) is 3.79. The third-order valence-electron chi connectivity index (χ3n) is 1.75. The molecule has 60 valence electrons. The summed E-state index contributed by atoms with van der Waals surface area (Å²) in [5.74, 6) is 0. The van der Waals surface area contributed by atoms with Crippen molar-refractivity contribution in [1.82, 2.24) is 0 Å². The topological polar surface area (TPSA) is 20.2 Å². The molecule has 0 aliphatic heterocycles. The van der Waals surface area contributed by atoms with Crippen molar-refractivity contribution in [3.8, 4) is 0 Å². The van der Waals surface area contributed by atoms with E-state index in [0.29, 0.717) is 0 Å². The van der Waals surface area contributed by atoms with E-state index >= 15 is 0 Å². The van der Waals surface area contributed by atoms with Crippen molar-refractivity contribution >= 4 is 11.8 Å². The van der Waals surface area contributed by atoms with Gasteiger partial charge in [0.2, 0.25) is 0 Å². The van der Waals surface area contributed by atoms with Crippen LogP contribution >= 0.6 is 11.8 Å². The fraction of sp³-hybridized carbons (Fsp3) is 0.333. The Morgan fingerprint density at radius 2 is 2.18 bits per heavy atom. The van der Waals surface area contributed by atoms with Gasteiger partial charge >= 0.3 is 0 Å². The normalized spacial score (nSPS) is 10.1. The summed E-state index contributed by atoms with van der Waals surface area (Å²) in [5.41, 5.74) is 2.22. The minimum absolute atomic E-state index is 0.142. The van der Waals surface area contributed by atoms with Crippen LogP contribution in [0.2, 0.25) is 0 Å². The van der Waals surface area contributed by atoms with E-state index in [-0.39, 0.29) is 6.61 Å². The number of rotatable bonds is 2. The van der Waals surface area contributed by atoms with Crippen LogP contribution in [-0.4, -0.2) is 11.4 Å². The first kappa shape index (κ1) is 8.62. The molecule has 0 radical (unpaired) electrons. The van der Waals surface area contributed by atoms with Crippen LogP contribution in [-0.2, 0) is 6.61 Å². The molecule has 0 aliphatic carbocycles. The van der Waals surface area contributed by atoms with Crippen molar-refractivity contribution in [3.63, 3.8) is 0 Å². The lowest BCUT2D eigenvalue weighted by atomic mass is 10.1. The van der Waals surface area contributed by atoms with Gasteiger partial charge in [0.15, 0.2) is 0 Å². The molecule has 0 spiro atoms. The molecule has 1 aromatic carbocycles. The monoisotopic (exact) mass is 168 g/mol. The van der Waals surface area contributed by atoms with Gasteiger partial charge in [-0.05, 0) is 30.4 Å². The molecule has 0 amide bonds. The molecule has 0 aliphatic rings. The highest BCUT2D eigenvalue weighted by molar-refractivity contribution is 7.98. The van der Waals surface area contributed by atoms with Gasteiger partial charge in [0, 0.05) is 4.90 Å². The van der Waals surface area contributed by atoms with Crippen LogP contribution < -0.4 is 0 Å². The zero-order valence-electron chi connectivity index (χ0n) is 6.79. The quantitative estimate of drug-likeness (QED) is 0.683.